The molecule has 1 aromatic carbocycles. The predicted octanol–water partition coefficient (Wildman–Crippen LogP) is 4.23. The maximum atomic E-state index is 14.2. The number of rotatable bonds is 12. The van der Waals surface area contributed by atoms with Crippen LogP contribution in [0.4, 0.5) is 8.78 Å². The Hall–Kier alpha value is -3.76. The number of carbonyl (C=O) groups excluding carboxylic acids is 3. The molecule has 3 atom stereocenters. The number of halogens is 2. The minimum absolute atomic E-state index is 0.106. The summed E-state index contributed by atoms with van der Waals surface area (Å²) < 4.78 is 49.4. The highest BCUT2D eigenvalue weighted by molar-refractivity contribution is 5.98. The van der Waals surface area contributed by atoms with Crippen molar-refractivity contribution in [1.82, 2.24) is 10.3 Å². The third-order valence-electron chi connectivity index (χ3n) is 5.68. The molecule has 2 rings (SSSR count). The molecule has 11 heteroatoms. The number of amides is 1. The lowest BCUT2D eigenvalue weighted by Gasteiger charge is -2.31. The molecule has 0 aliphatic carbocycles. The van der Waals surface area contributed by atoms with Crippen LogP contribution in [0.1, 0.15) is 57.9 Å². The van der Waals surface area contributed by atoms with Crippen molar-refractivity contribution in [2.24, 2.45) is 5.92 Å². The lowest BCUT2D eigenvalue weighted by molar-refractivity contribution is -0.156. The smallest absolute Gasteiger partial charge is 0.328 e. The Balaban J connectivity index is 2.18. The fourth-order valence-electron chi connectivity index (χ4n) is 3.71. The first-order valence-electron chi connectivity index (χ1n) is 11.9. The number of nitrogens with zero attached hydrogens (tertiary/aromatic N) is 1. The molecule has 0 bridgehead atoms. The van der Waals surface area contributed by atoms with Gasteiger partial charge in [-0.1, -0.05) is 13.8 Å². The summed E-state index contributed by atoms with van der Waals surface area (Å²) in [5.74, 6) is -4.21. The van der Waals surface area contributed by atoms with Crippen molar-refractivity contribution in [3.8, 4) is 17.2 Å². The number of nitrogens with one attached hydrogen (secondary N) is 1. The molecule has 0 aliphatic rings. The minimum Gasteiger partial charge on any atom is -0.493 e. The summed E-state index contributed by atoms with van der Waals surface area (Å²) in [6.45, 7) is 7.95. The van der Waals surface area contributed by atoms with E-state index < -0.39 is 47.7 Å². The molecular formula is C26H32F2N2O7. The second-order valence-corrected chi connectivity index (χ2v) is 8.36. The van der Waals surface area contributed by atoms with Gasteiger partial charge >= 0.3 is 11.9 Å². The third kappa shape index (κ3) is 7.86. The van der Waals surface area contributed by atoms with Gasteiger partial charge in [0.25, 0.3) is 5.91 Å². The standard InChI is InChI=1S/C26H32F2N2O7/c1-7-17(8-2)23(37-21-13-18(27)9-10-19(21)28)15(4)35-26(33)14(3)30-25(32)22-24(36-16(5)31)20(34-6)11-12-29-22/h9-15,17,23H,7-8H2,1-6H3,(H,30,32)/t14-,15-,23+/m0/s1. The van der Waals surface area contributed by atoms with E-state index in [1.807, 2.05) is 13.8 Å². The molecule has 0 unspecified atom stereocenters. The van der Waals surface area contributed by atoms with Crippen molar-refractivity contribution in [3.05, 3.63) is 47.8 Å². The van der Waals surface area contributed by atoms with Gasteiger partial charge in [0.15, 0.2) is 23.0 Å². The summed E-state index contributed by atoms with van der Waals surface area (Å²) in [5, 5.41) is 2.46. The molecule has 37 heavy (non-hydrogen) atoms. The van der Waals surface area contributed by atoms with Gasteiger partial charge in [-0.05, 0) is 44.7 Å². The lowest BCUT2D eigenvalue weighted by Crippen LogP contribution is -2.45. The van der Waals surface area contributed by atoms with Crippen LogP contribution in [0.5, 0.6) is 17.2 Å². The van der Waals surface area contributed by atoms with Crippen molar-refractivity contribution in [1.29, 1.82) is 0 Å². The normalized spacial score (nSPS) is 13.3. The second kappa shape index (κ2) is 13.5. The highest BCUT2D eigenvalue weighted by Gasteiger charge is 2.32. The zero-order valence-corrected chi connectivity index (χ0v) is 21.7. The van der Waals surface area contributed by atoms with Gasteiger partial charge < -0.3 is 24.3 Å². The van der Waals surface area contributed by atoms with Crippen LogP contribution in [-0.2, 0) is 14.3 Å². The Morgan fingerprint density at radius 3 is 2.32 bits per heavy atom. The first-order valence-corrected chi connectivity index (χ1v) is 11.9. The van der Waals surface area contributed by atoms with Crippen molar-refractivity contribution >= 4 is 17.8 Å². The average Bonchev–Trinajstić information content (AvgIpc) is 2.85. The Morgan fingerprint density at radius 2 is 1.73 bits per heavy atom. The van der Waals surface area contributed by atoms with Crippen molar-refractivity contribution in [2.45, 2.75) is 65.7 Å². The van der Waals surface area contributed by atoms with E-state index >= 15 is 0 Å². The molecule has 202 valence electrons. The van der Waals surface area contributed by atoms with E-state index in [1.165, 1.54) is 26.3 Å². The van der Waals surface area contributed by atoms with E-state index in [0.29, 0.717) is 12.8 Å². The third-order valence-corrected chi connectivity index (χ3v) is 5.68. The quantitative estimate of drug-likeness (QED) is 0.412. The van der Waals surface area contributed by atoms with Crippen LogP contribution in [0, 0.1) is 17.6 Å². The van der Waals surface area contributed by atoms with Gasteiger partial charge in [0, 0.05) is 25.3 Å². The predicted molar refractivity (Wildman–Crippen MR) is 129 cm³/mol. The summed E-state index contributed by atoms with van der Waals surface area (Å²) in [4.78, 5) is 41.1. The molecule has 0 saturated carbocycles. The number of ether oxygens (including phenoxy) is 4. The fraction of sp³-hybridized carbons (Fsp3) is 0.462. The van der Waals surface area contributed by atoms with Crippen LogP contribution < -0.4 is 19.5 Å². The van der Waals surface area contributed by atoms with E-state index in [0.717, 1.165) is 25.1 Å². The number of hydrogen-bond acceptors (Lipinski definition) is 8. The van der Waals surface area contributed by atoms with Crippen LogP contribution in [0.15, 0.2) is 30.5 Å². The van der Waals surface area contributed by atoms with Gasteiger partial charge in [0.05, 0.1) is 7.11 Å². The van der Waals surface area contributed by atoms with Crippen LogP contribution >= 0.6 is 0 Å². The maximum Gasteiger partial charge on any atom is 0.328 e. The van der Waals surface area contributed by atoms with Crippen LogP contribution in [0.3, 0.4) is 0 Å². The van der Waals surface area contributed by atoms with Crippen molar-refractivity contribution in [2.75, 3.05) is 7.11 Å². The van der Waals surface area contributed by atoms with Gasteiger partial charge in [-0.3, -0.25) is 9.59 Å². The molecule has 1 aromatic heterocycles. The topological polar surface area (TPSA) is 113 Å². The molecule has 0 radical (unpaired) electrons. The van der Waals surface area contributed by atoms with Gasteiger partial charge in [0.2, 0.25) is 5.75 Å². The molecule has 0 spiro atoms. The van der Waals surface area contributed by atoms with Gasteiger partial charge in [-0.2, -0.15) is 0 Å². The van der Waals surface area contributed by atoms with E-state index in [2.05, 4.69) is 10.3 Å². The monoisotopic (exact) mass is 522 g/mol. The number of pyridine rings is 1. The molecular weight excluding hydrogens is 490 g/mol. The van der Waals surface area contributed by atoms with Crippen molar-refractivity contribution < 1.29 is 42.1 Å². The van der Waals surface area contributed by atoms with Crippen molar-refractivity contribution in [3.63, 3.8) is 0 Å². The fourth-order valence-corrected chi connectivity index (χ4v) is 3.71. The Kier molecular flexibility index (Phi) is 10.8. The molecule has 9 nitrogen and oxygen atoms in total. The number of methoxy groups -OCH3 is 1. The molecule has 0 saturated heterocycles. The molecule has 1 amide bonds. The Bertz CT molecular complexity index is 1110. The Labute approximate surface area is 214 Å². The van der Waals surface area contributed by atoms with Crippen LogP contribution in [-0.4, -0.2) is 48.2 Å². The number of benzene rings is 1. The van der Waals surface area contributed by atoms with E-state index in [-0.39, 0.29) is 28.9 Å². The highest BCUT2D eigenvalue weighted by Crippen LogP contribution is 2.30. The van der Waals surface area contributed by atoms with Crippen LogP contribution in [0.2, 0.25) is 0 Å². The highest BCUT2D eigenvalue weighted by atomic mass is 19.1. The zero-order valence-electron chi connectivity index (χ0n) is 21.7. The molecule has 1 N–H and O–H groups in total. The second-order valence-electron chi connectivity index (χ2n) is 8.36. The average molecular weight is 523 g/mol. The summed E-state index contributed by atoms with van der Waals surface area (Å²) in [6.07, 6.45) is 0.897. The van der Waals surface area contributed by atoms with Gasteiger partial charge in [0.1, 0.15) is 24.1 Å². The number of esters is 2. The largest absolute Gasteiger partial charge is 0.493 e. The van der Waals surface area contributed by atoms with Gasteiger partial charge in [-0.15, -0.1) is 0 Å². The Morgan fingerprint density at radius 1 is 1.05 bits per heavy atom. The van der Waals surface area contributed by atoms with E-state index in [1.54, 1.807) is 6.92 Å². The SMILES string of the molecule is CCC(CC)[C@H](Oc1cc(F)ccc1F)[C@H](C)OC(=O)[C@H](C)NC(=O)c1nccc(OC)c1OC(C)=O. The van der Waals surface area contributed by atoms with Gasteiger partial charge in [-0.25, -0.2) is 18.6 Å². The lowest BCUT2D eigenvalue weighted by atomic mass is 9.93. The number of hydrogen-bond donors (Lipinski definition) is 1. The van der Waals surface area contributed by atoms with E-state index in [9.17, 15) is 23.2 Å². The van der Waals surface area contributed by atoms with E-state index in [4.69, 9.17) is 18.9 Å². The number of aromatic nitrogens is 1. The molecule has 2 aromatic rings. The number of carbonyl (C=O) groups is 3. The zero-order chi connectivity index (χ0) is 27.7. The summed E-state index contributed by atoms with van der Waals surface area (Å²) >= 11 is 0. The molecule has 0 aliphatic heterocycles. The first-order chi connectivity index (χ1) is 17.5. The van der Waals surface area contributed by atoms with Crippen LogP contribution in [0.25, 0.3) is 0 Å². The molecule has 1 heterocycles. The maximum absolute atomic E-state index is 14.2. The summed E-state index contributed by atoms with van der Waals surface area (Å²) in [6, 6.07) is 3.14. The summed E-state index contributed by atoms with van der Waals surface area (Å²) in [5.41, 5.74) is -0.262. The summed E-state index contributed by atoms with van der Waals surface area (Å²) in [7, 11) is 1.33. The molecule has 0 fully saturated rings. The minimum atomic E-state index is -1.14. The first kappa shape index (κ1) is 29.5.